The summed E-state index contributed by atoms with van der Waals surface area (Å²) in [6, 6.07) is 2.32. The molecule has 0 radical (unpaired) electrons. The van der Waals surface area contributed by atoms with Crippen LogP contribution in [0, 0.1) is 10.9 Å². The van der Waals surface area contributed by atoms with Gasteiger partial charge in [-0.3, -0.25) is 10.4 Å². The summed E-state index contributed by atoms with van der Waals surface area (Å²) in [7, 11) is 0. The molecule has 2 N–H and O–H groups in total. The molecule has 0 aromatic carbocycles. The molecule has 0 aliphatic carbocycles. The third-order valence-corrected chi connectivity index (χ3v) is 2.54. The van der Waals surface area contributed by atoms with E-state index >= 15 is 0 Å². The number of alkyl halides is 3. The molecule has 0 saturated heterocycles. The third kappa shape index (κ3) is 3.61. The fraction of sp³-hybridized carbons (Fsp3) is 0.250. The second kappa shape index (κ2) is 5.06. The van der Waals surface area contributed by atoms with Gasteiger partial charge in [0.25, 0.3) is 0 Å². The number of hydrogen-bond acceptors (Lipinski definition) is 4. The minimum Gasteiger partial charge on any atom is -0.284 e. The van der Waals surface area contributed by atoms with Crippen LogP contribution in [0.3, 0.4) is 0 Å². The second-order valence-electron chi connectivity index (χ2n) is 2.72. The first-order valence-corrected chi connectivity index (χ1v) is 5.03. The highest BCUT2D eigenvalue weighted by Crippen LogP contribution is 2.30. The monoisotopic (exact) mass is 248 g/mol. The Bertz CT molecular complexity index is 405. The zero-order valence-corrected chi connectivity index (χ0v) is 8.69. The van der Waals surface area contributed by atoms with Crippen molar-refractivity contribution in [3.8, 4) is 0 Å². The van der Waals surface area contributed by atoms with Gasteiger partial charge >= 0.3 is 6.18 Å². The van der Waals surface area contributed by atoms with Crippen LogP contribution in [0.4, 0.5) is 13.2 Å². The normalized spacial score (nSPS) is 11.2. The number of halogens is 3. The molecule has 0 amide bonds. The summed E-state index contributed by atoms with van der Waals surface area (Å²) in [5, 5.41) is 9.90. The largest absolute Gasteiger partial charge is 0.433 e. The molecule has 1 aromatic rings. The van der Waals surface area contributed by atoms with Gasteiger partial charge in [0.15, 0.2) is 5.84 Å². The summed E-state index contributed by atoms with van der Waals surface area (Å²) >= 11 is 1.01. The highest BCUT2D eigenvalue weighted by molar-refractivity contribution is 8.00. The van der Waals surface area contributed by atoms with Crippen LogP contribution in [0.15, 0.2) is 28.3 Å². The number of aromatic nitrogens is 1. The molecule has 86 valence electrons. The zero-order chi connectivity index (χ0) is 12.2. The van der Waals surface area contributed by atoms with Gasteiger partial charge in [-0.05, 0) is 12.1 Å². The van der Waals surface area contributed by atoms with Crippen molar-refractivity contribution in [3.63, 3.8) is 0 Å². The summed E-state index contributed by atoms with van der Waals surface area (Å²) < 4.78 is 36.8. The lowest BCUT2D eigenvalue weighted by molar-refractivity contribution is -0.141. The molecule has 0 atom stereocenters. The Morgan fingerprint density at radius 3 is 2.75 bits per heavy atom. The molecule has 0 unspecified atom stereocenters. The van der Waals surface area contributed by atoms with E-state index in [2.05, 4.69) is 10.1 Å². The first-order chi connectivity index (χ1) is 7.43. The number of rotatable bonds is 3. The molecule has 0 fully saturated rings. The fourth-order valence-electron chi connectivity index (χ4n) is 0.840. The van der Waals surface area contributed by atoms with E-state index in [9.17, 15) is 13.2 Å². The lowest BCUT2D eigenvalue weighted by Crippen LogP contribution is -2.07. The maximum absolute atomic E-state index is 12.3. The Morgan fingerprint density at radius 2 is 2.19 bits per heavy atom. The number of thioether (sulfide) groups is 1. The van der Waals surface area contributed by atoms with Crippen molar-refractivity contribution in [2.24, 2.45) is 5.11 Å². The molecule has 1 aromatic heterocycles. The molecule has 16 heavy (non-hydrogen) atoms. The first-order valence-electron chi connectivity index (χ1n) is 4.04. The van der Waals surface area contributed by atoms with Crippen molar-refractivity contribution < 1.29 is 13.2 Å². The number of hydrogen-bond donors (Lipinski definition) is 2. The molecule has 0 aliphatic heterocycles. The summed E-state index contributed by atoms with van der Waals surface area (Å²) in [6.45, 7) is 0. The smallest absolute Gasteiger partial charge is 0.284 e. The van der Waals surface area contributed by atoms with Gasteiger partial charge in [0.05, 0.1) is 5.75 Å². The summed E-state index contributed by atoms with van der Waals surface area (Å²) in [4.78, 5) is 3.55. The second-order valence-corrected chi connectivity index (χ2v) is 3.77. The molecule has 0 saturated carbocycles. The fourth-order valence-corrected chi connectivity index (χ4v) is 1.56. The number of pyridine rings is 1. The van der Waals surface area contributed by atoms with E-state index in [1.54, 1.807) is 0 Å². The predicted molar refractivity (Wildman–Crippen MR) is 52.8 cm³/mol. The molecular weight excluding hydrogens is 241 g/mol. The van der Waals surface area contributed by atoms with E-state index in [1.165, 1.54) is 6.07 Å². The first kappa shape index (κ1) is 12.6. The van der Waals surface area contributed by atoms with Gasteiger partial charge in [0.2, 0.25) is 0 Å². The minimum absolute atomic E-state index is 0.0603. The quantitative estimate of drug-likeness (QED) is 0.373. The molecule has 0 bridgehead atoms. The topological polar surface area (TPSA) is 73.0 Å². The predicted octanol–water partition coefficient (Wildman–Crippen LogP) is 3.20. The maximum atomic E-state index is 12.3. The molecule has 1 heterocycles. The van der Waals surface area contributed by atoms with Crippen LogP contribution in [0.25, 0.3) is 0 Å². The van der Waals surface area contributed by atoms with E-state index in [4.69, 9.17) is 10.9 Å². The molecule has 0 aliphatic rings. The summed E-state index contributed by atoms with van der Waals surface area (Å²) in [5.74, 6) is -0.138. The molecule has 0 spiro atoms. The Morgan fingerprint density at radius 1 is 1.50 bits per heavy atom. The zero-order valence-electron chi connectivity index (χ0n) is 7.88. The molecule has 4 nitrogen and oxygen atoms in total. The Balaban J connectivity index is 2.75. The Hall–Kier alpha value is -1.44. The molecular formula is C8H7F3N4S. The van der Waals surface area contributed by atoms with Gasteiger partial charge in [-0.25, -0.2) is 5.53 Å². The van der Waals surface area contributed by atoms with E-state index in [-0.39, 0.29) is 11.6 Å². The number of nitrogens with zero attached hydrogens (tertiary/aromatic N) is 2. The van der Waals surface area contributed by atoms with Crippen molar-refractivity contribution >= 4 is 17.6 Å². The van der Waals surface area contributed by atoms with Crippen LogP contribution in [0.2, 0.25) is 0 Å². The molecule has 8 heteroatoms. The van der Waals surface area contributed by atoms with Crippen molar-refractivity contribution in [1.82, 2.24) is 4.98 Å². The van der Waals surface area contributed by atoms with Gasteiger partial charge < -0.3 is 0 Å². The van der Waals surface area contributed by atoms with Gasteiger partial charge in [-0.1, -0.05) is 0 Å². The van der Waals surface area contributed by atoms with Crippen LogP contribution < -0.4 is 0 Å². The summed E-state index contributed by atoms with van der Waals surface area (Å²) in [6.07, 6.45) is -3.41. The number of amidine groups is 1. The lowest BCUT2D eigenvalue weighted by Gasteiger charge is -2.06. The maximum Gasteiger partial charge on any atom is 0.433 e. The van der Waals surface area contributed by atoms with Gasteiger partial charge in [0.1, 0.15) is 5.69 Å². The van der Waals surface area contributed by atoms with Gasteiger partial charge in [-0.2, -0.15) is 13.2 Å². The van der Waals surface area contributed by atoms with Crippen LogP contribution in [-0.4, -0.2) is 16.6 Å². The molecule has 1 rings (SSSR count). The Labute approximate surface area is 93.3 Å². The van der Waals surface area contributed by atoms with Crippen molar-refractivity contribution in [3.05, 3.63) is 24.0 Å². The standard InChI is InChI=1S/C8H7F3N4S/c9-8(10,11)6-3-5(1-2-14-6)16-4-7(12)15-13/h1-3,12-13H,4H2. The van der Waals surface area contributed by atoms with Crippen LogP contribution >= 0.6 is 11.8 Å². The minimum atomic E-state index is -4.47. The average molecular weight is 248 g/mol. The van der Waals surface area contributed by atoms with E-state index in [1.807, 2.05) is 0 Å². The van der Waals surface area contributed by atoms with Gasteiger partial charge in [-0.15, -0.1) is 16.9 Å². The lowest BCUT2D eigenvalue weighted by atomic mass is 10.3. The van der Waals surface area contributed by atoms with E-state index in [0.717, 1.165) is 24.0 Å². The van der Waals surface area contributed by atoms with Crippen LogP contribution in [0.1, 0.15) is 5.69 Å². The number of nitrogens with one attached hydrogen (secondary N) is 2. The highest BCUT2D eigenvalue weighted by Gasteiger charge is 2.32. The Kier molecular flexibility index (Phi) is 3.99. The van der Waals surface area contributed by atoms with E-state index in [0.29, 0.717) is 4.90 Å². The summed E-state index contributed by atoms with van der Waals surface area (Å²) in [5.41, 5.74) is 5.54. The van der Waals surface area contributed by atoms with Crippen LogP contribution in [0.5, 0.6) is 0 Å². The highest BCUT2D eigenvalue weighted by atomic mass is 32.2. The van der Waals surface area contributed by atoms with Crippen molar-refractivity contribution in [2.75, 3.05) is 5.75 Å². The van der Waals surface area contributed by atoms with Crippen molar-refractivity contribution in [1.29, 1.82) is 10.9 Å². The van der Waals surface area contributed by atoms with Gasteiger partial charge in [0, 0.05) is 11.1 Å². The average Bonchev–Trinajstić information content (AvgIpc) is 2.25. The third-order valence-electron chi connectivity index (χ3n) is 1.53. The van der Waals surface area contributed by atoms with E-state index < -0.39 is 11.9 Å². The van der Waals surface area contributed by atoms with Crippen molar-refractivity contribution in [2.45, 2.75) is 11.1 Å². The van der Waals surface area contributed by atoms with Crippen LogP contribution in [-0.2, 0) is 6.18 Å². The SMILES string of the molecule is N=NC(=N)CSc1ccnc(C(F)(F)F)c1.